The lowest BCUT2D eigenvalue weighted by Crippen LogP contribution is -2.36. The summed E-state index contributed by atoms with van der Waals surface area (Å²) in [6.45, 7) is 4.25. The smallest absolute Gasteiger partial charge is 0.314 e. The Morgan fingerprint density at radius 1 is 1.20 bits per heavy atom. The van der Waals surface area contributed by atoms with Gasteiger partial charge in [-0.05, 0) is 42.9 Å². The second-order valence-corrected chi connectivity index (χ2v) is 8.35. The van der Waals surface area contributed by atoms with Crippen molar-refractivity contribution in [3.63, 3.8) is 0 Å². The molecule has 0 saturated carbocycles. The van der Waals surface area contributed by atoms with E-state index in [0.717, 1.165) is 42.7 Å². The summed E-state index contributed by atoms with van der Waals surface area (Å²) in [7, 11) is 1.44. The number of aliphatic hydroxyl groups excluding tert-OH is 1. The van der Waals surface area contributed by atoms with Gasteiger partial charge in [0.2, 0.25) is 0 Å². The summed E-state index contributed by atoms with van der Waals surface area (Å²) in [6, 6.07) is 18.6. The third-order valence-corrected chi connectivity index (χ3v) is 6.32. The lowest BCUT2D eigenvalue weighted by molar-refractivity contribution is -0.143. The zero-order valence-electron chi connectivity index (χ0n) is 17.7. The summed E-state index contributed by atoms with van der Waals surface area (Å²) in [6.07, 6.45) is 0.878. The monoisotopic (exact) mass is 406 g/mol. The molecular weight excluding hydrogens is 376 g/mol. The fourth-order valence-electron chi connectivity index (χ4n) is 4.67. The number of benzene rings is 2. The van der Waals surface area contributed by atoms with E-state index in [1.165, 1.54) is 18.2 Å². The van der Waals surface area contributed by atoms with E-state index in [2.05, 4.69) is 46.3 Å². The van der Waals surface area contributed by atoms with E-state index in [-0.39, 0.29) is 11.9 Å². The molecule has 5 nitrogen and oxygen atoms in total. The average Bonchev–Trinajstić information content (AvgIpc) is 3.14. The number of aliphatic hydroxyl groups is 1. The molecule has 1 aromatic heterocycles. The molecule has 4 rings (SSSR count). The number of carbonyl (C=O) groups is 1. The summed E-state index contributed by atoms with van der Waals surface area (Å²) in [5, 5.41) is 11.7. The Morgan fingerprint density at radius 3 is 2.67 bits per heavy atom. The zero-order chi connectivity index (χ0) is 21.1. The molecule has 2 aromatic carbocycles. The number of aromatic amines is 1. The molecule has 30 heavy (non-hydrogen) atoms. The van der Waals surface area contributed by atoms with Gasteiger partial charge in [0.15, 0.2) is 0 Å². The van der Waals surface area contributed by atoms with Crippen LogP contribution in [-0.2, 0) is 22.5 Å². The van der Waals surface area contributed by atoms with Crippen LogP contribution in [0.5, 0.6) is 0 Å². The maximum Gasteiger partial charge on any atom is 0.314 e. The number of para-hydroxylation sites is 1. The molecule has 0 fully saturated rings. The topological polar surface area (TPSA) is 65.6 Å². The highest BCUT2D eigenvalue weighted by atomic mass is 16.5. The van der Waals surface area contributed by atoms with Crippen LogP contribution in [0.1, 0.15) is 36.1 Å². The molecule has 0 amide bonds. The molecule has 0 radical (unpaired) electrons. The number of hydrogen-bond acceptors (Lipinski definition) is 4. The highest BCUT2D eigenvalue weighted by Crippen LogP contribution is 2.35. The van der Waals surface area contributed by atoms with E-state index in [9.17, 15) is 9.90 Å². The lowest BCUT2D eigenvalue weighted by atomic mass is 9.87. The largest absolute Gasteiger partial charge is 0.469 e. The molecule has 0 bridgehead atoms. The first-order chi connectivity index (χ1) is 14.6. The number of carbonyl (C=O) groups excluding carboxylic acids is 1. The van der Waals surface area contributed by atoms with Crippen molar-refractivity contribution in [3.8, 4) is 0 Å². The fourth-order valence-corrected chi connectivity index (χ4v) is 4.67. The van der Waals surface area contributed by atoms with Crippen LogP contribution < -0.4 is 0 Å². The van der Waals surface area contributed by atoms with Crippen LogP contribution in [0, 0.1) is 5.92 Å². The predicted octanol–water partition coefficient (Wildman–Crippen LogP) is 3.87. The van der Waals surface area contributed by atoms with Crippen LogP contribution in [-0.4, -0.2) is 47.3 Å². The van der Waals surface area contributed by atoms with Gasteiger partial charge in [0.05, 0.1) is 19.1 Å². The molecule has 5 heteroatoms. The third kappa shape index (κ3) is 4.27. The molecule has 1 aliphatic rings. The first-order valence-electron chi connectivity index (χ1n) is 10.7. The Kier molecular flexibility index (Phi) is 6.21. The number of ether oxygens (including phenoxy) is 1. The van der Waals surface area contributed by atoms with Gasteiger partial charge >= 0.3 is 5.97 Å². The summed E-state index contributed by atoms with van der Waals surface area (Å²) >= 11 is 0. The van der Waals surface area contributed by atoms with E-state index >= 15 is 0 Å². The highest BCUT2D eigenvalue weighted by molar-refractivity contribution is 5.88. The van der Waals surface area contributed by atoms with Gasteiger partial charge in [-0.2, -0.15) is 0 Å². The van der Waals surface area contributed by atoms with Crippen molar-refractivity contribution in [2.45, 2.75) is 38.3 Å². The van der Waals surface area contributed by atoms with Gasteiger partial charge in [-0.1, -0.05) is 48.5 Å². The Morgan fingerprint density at radius 2 is 1.93 bits per heavy atom. The minimum atomic E-state index is -0.513. The summed E-state index contributed by atoms with van der Waals surface area (Å²) < 4.78 is 5.18. The highest BCUT2D eigenvalue weighted by Gasteiger charge is 2.33. The third-order valence-electron chi connectivity index (χ3n) is 6.32. The second kappa shape index (κ2) is 9.02. The van der Waals surface area contributed by atoms with Crippen LogP contribution in [0.4, 0.5) is 0 Å². The fraction of sp³-hybridized carbons (Fsp3) is 0.400. The number of methoxy groups -OCH3 is 1. The van der Waals surface area contributed by atoms with Gasteiger partial charge in [0.1, 0.15) is 0 Å². The van der Waals surface area contributed by atoms with Gasteiger partial charge in [0, 0.05) is 36.2 Å². The van der Waals surface area contributed by atoms with Crippen LogP contribution in [0.15, 0.2) is 54.6 Å². The number of rotatable bonds is 4. The van der Waals surface area contributed by atoms with Gasteiger partial charge in [-0.25, -0.2) is 0 Å². The minimum Gasteiger partial charge on any atom is -0.469 e. The lowest BCUT2D eigenvalue weighted by Gasteiger charge is -2.29. The van der Waals surface area contributed by atoms with Crippen molar-refractivity contribution < 1.29 is 14.6 Å². The van der Waals surface area contributed by atoms with E-state index in [1.807, 2.05) is 25.1 Å². The number of nitrogens with zero attached hydrogens (tertiary/aromatic N) is 1. The number of H-pyrrole nitrogens is 1. The van der Waals surface area contributed by atoms with Gasteiger partial charge in [0.25, 0.3) is 0 Å². The van der Waals surface area contributed by atoms with Crippen molar-refractivity contribution in [2.75, 3.05) is 20.2 Å². The molecule has 158 valence electrons. The van der Waals surface area contributed by atoms with Crippen molar-refractivity contribution in [2.24, 2.45) is 5.92 Å². The second-order valence-electron chi connectivity index (χ2n) is 8.35. The molecule has 1 aliphatic heterocycles. The molecule has 2 heterocycles. The Hall–Kier alpha value is -2.63. The van der Waals surface area contributed by atoms with Crippen molar-refractivity contribution in [1.29, 1.82) is 0 Å². The Labute approximate surface area is 177 Å². The SMILES string of the molecule is COC(=O)[C@@H]1C[C@H]([C@H](C)O)CN(Cc2ccccc2)CCc2c1[nH]c1ccccc21. The quantitative estimate of drug-likeness (QED) is 0.646. The van der Waals surface area contributed by atoms with Gasteiger partial charge in [-0.15, -0.1) is 0 Å². The molecular formula is C25H30N2O3. The summed E-state index contributed by atoms with van der Waals surface area (Å²) in [5.74, 6) is -0.686. The van der Waals surface area contributed by atoms with E-state index in [0.29, 0.717) is 6.42 Å². The number of esters is 1. The Balaban J connectivity index is 1.74. The van der Waals surface area contributed by atoms with Gasteiger partial charge < -0.3 is 14.8 Å². The molecule has 3 aromatic rings. The van der Waals surface area contributed by atoms with Crippen molar-refractivity contribution >= 4 is 16.9 Å². The van der Waals surface area contributed by atoms with Crippen molar-refractivity contribution in [1.82, 2.24) is 9.88 Å². The number of fused-ring (bicyclic) bond motifs is 3. The number of nitrogens with one attached hydrogen (secondary N) is 1. The standard InChI is InChI=1S/C25H30N2O3/c1-17(28)19-14-22(25(29)30-2)24-21(20-10-6-7-11-23(20)26-24)12-13-27(16-19)15-18-8-4-3-5-9-18/h3-11,17,19,22,26,28H,12-16H2,1-2H3/t17-,19-,22+/m0/s1. The average molecular weight is 407 g/mol. The maximum atomic E-state index is 12.8. The van der Waals surface area contributed by atoms with Crippen molar-refractivity contribution in [3.05, 3.63) is 71.4 Å². The minimum absolute atomic E-state index is 0.0322. The van der Waals surface area contributed by atoms with Crippen LogP contribution in [0.3, 0.4) is 0 Å². The predicted molar refractivity (Wildman–Crippen MR) is 118 cm³/mol. The number of hydrogen-bond donors (Lipinski definition) is 2. The maximum absolute atomic E-state index is 12.8. The summed E-state index contributed by atoms with van der Waals surface area (Å²) in [5.41, 5.74) is 4.42. The first-order valence-corrected chi connectivity index (χ1v) is 10.7. The van der Waals surface area contributed by atoms with E-state index < -0.39 is 12.0 Å². The Bertz CT molecular complexity index is 996. The first kappa shape index (κ1) is 20.6. The number of aromatic nitrogens is 1. The zero-order valence-corrected chi connectivity index (χ0v) is 17.7. The van der Waals surface area contributed by atoms with E-state index in [4.69, 9.17) is 4.74 Å². The normalized spacial score (nSPS) is 21.3. The van der Waals surface area contributed by atoms with E-state index in [1.54, 1.807) is 0 Å². The molecule has 0 unspecified atom stereocenters. The molecule has 0 saturated heterocycles. The van der Waals surface area contributed by atoms with Crippen LogP contribution >= 0.6 is 0 Å². The van der Waals surface area contributed by atoms with Gasteiger partial charge in [-0.3, -0.25) is 9.69 Å². The molecule has 0 aliphatic carbocycles. The molecule has 0 spiro atoms. The molecule has 3 atom stereocenters. The summed E-state index contributed by atoms with van der Waals surface area (Å²) in [4.78, 5) is 18.7. The van der Waals surface area contributed by atoms with Crippen LogP contribution in [0.25, 0.3) is 10.9 Å². The van der Waals surface area contributed by atoms with Crippen LogP contribution in [0.2, 0.25) is 0 Å². The molecule has 2 N–H and O–H groups in total.